The average Bonchev–Trinajstić information content (AvgIpc) is 2.81. The molecule has 5 N–H and O–H groups in total. The number of halogens is 1. The molecule has 0 radical (unpaired) electrons. The fourth-order valence-electron chi connectivity index (χ4n) is 3.06. The first-order valence-corrected chi connectivity index (χ1v) is 8.52. The van der Waals surface area contributed by atoms with Crippen LogP contribution in [-0.4, -0.2) is 40.7 Å². The van der Waals surface area contributed by atoms with Gasteiger partial charge >= 0.3 is 0 Å². The van der Waals surface area contributed by atoms with Crippen molar-refractivity contribution in [2.24, 2.45) is 5.73 Å². The fraction of sp³-hybridized carbons (Fsp3) is 0.353. The summed E-state index contributed by atoms with van der Waals surface area (Å²) in [4.78, 5) is 21.9. The van der Waals surface area contributed by atoms with E-state index in [0.29, 0.717) is 36.2 Å². The van der Waals surface area contributed by atoms with Crippen LogP contribution in [0.15, 0.2) is 18.2 Å². The van der Waals surface area contributed by atoms with E-state index >= 15 is 0 Å². The molecule has 2 heterocycles. The first-order chi connectivity index (χ1) is 12.4. The predicted octanol–water partition coefficient (Wildman–Crippen LogP) is 1.79. The molecule has 1 aliphatic heterocycles. The summed E-state index contributed by atoms with van der Waals surface area (Å²) < 4.78 is 5.70. The van der Waals surface area contributed by atoms with Gasteiger partial charge in [0.1, 0.15) is 11.6 Å². The Morgan fingerprint density at radius 2 is 2.15 bits per heavy atom. The highest BCUT2D eigenvalue weighted by Gasteiger charge is 2.28. The number of hydrogen-bond donors (Lipinski definition) is 3. The number of aryl methyl sites for hydroxylation is 1. The first-order valence-electron chi connectivity index (χ1n) is 8.14. The number of anilines is 2. The van der Waals surface area contributed by atoms with Crippen molar-refractivity contribution in [1.29, 1.82) is 0 Å². The standard InChI is InChI=1S/C17H20ClN5O3/c1-9-5-15(22-17(20)21-9)23-3-2-4-26-8-13(23)10-7-14(24)11(16(19)25)6-12(10)18/h5-7,13,24H,2-4,8H2,1H3,(H2,19,25)(H2,20,21,22)/t13-/m1/s1. The van der Waals surface area contributed by atoms with Crippen molar-refractivity contribution in [3.8, 4) is 5.75 Å². The van der Waals surface area contributed by atoms with Gasteiger partial charge in [0.05, 0.1) is 18.2 Å². The van der Waals surface area contributed by atoms with Gasteiger partial charge in [0.25, 0.3) is 5.91 Å². The Hall–Kier alpha value is -2.58. The minimum absolute atomic E-state index is 0.0260. The summed E-state index contributed by atoms with van der Waals surface area (Å²) in [5.74, 6) is -0.134. The molecule has 26 heavy (non-hydrogen) atoms. The largest absolute Gasteiger partial charge is 0.507 e. The van der Waals surface area contributed by atoms with Gasteiger partial charge in [0.2, 0.25) is 5.95 Å². The maximum atomic E-state index is 11.4. The molecule has 9 heteroatoms. The third-order valence-corrected chi connectivity index (χ3v) is 4.56. The van der Waals surface area contributed by atoms with E-state index in [-0.39, 0.29) is 23.3 Å². The van der Waals surface area contributed by atoms with Gasteiger partial charge in [-0.3, -0.25) is 4.79 Å². The molecule has 1 aliphatic rings. The number of primary amides is 1. The molecule has 1 atom stereocenters. The smallest absolute Gasteiger partial charge is 0.252 e. The second kappa shape index (κ2) is 7.35. The molecule has 0 spiro atoms. The number of ether oxygens (including phenoxy) is 1. The molecule has 0 saturated carbocycles. The number of nitrogens with zero attached hydrogens (tertiary/aromatic N) is 3. The van der Waals surface area contributed by atoms with Crippen LogP contribution in [-0.2, 0) is 4.74 Å². The lowest BCUT2D eigenvalue weighted by molar-refractivity contribution is 0.0997. The van der Waals surface area contributed by atoms with Crippen molar-refractivity contribution < 1.29 is 14.6 Å². The van der Waals surface area contributed by atoms with E-state index in [4.69, 9.17) is 27.8 Å². The molecule has 0 bridgehead atoms. The third kappa shape index (κ3) is 3.66. The Morgan fingerprint density at radius 1 is 1.38 bits per heavy atom. The summed E-state index contributed by atoms with van der Waals surface area (Å²) in [6.07, 6.45) is 0.794. The third-order valence-electron chi connectivity index (χ3n) is 4.23. The van der Waals surface area contributed by atoms with Crippen molar-refractivity contribution >= 4 is 29.3 Å². The van der Waals surface area contributed by atoms with Crippen molar-refractivity contribution in [2.45, 2.75) is 19.4 Å². The van der Waals surface area contributed by atoms with E-state index < -0.39 is 5.91 Å². The molecular weight excluding hydrogens is 358 g/mol. The summed E-state index contributed by atoms with van der Waals surface area (Å²) in [6.45, 7) is 3.44. The molecule has 3 rings (SSSR count). The van der Waals surface area contributed by atoms with Gasteiger partial charge in [-0.2, -0.15) is 4.98 Å². The van der Waals surface area contributed by atoms with Crippen LogP contribution in [0, 0.1) is 6.92 Å². The van der Waals surface area contributed by atoms with Crippen molar-refractivity contribution in [3.05, 3.63) is 40.0 Å². The number of aromatic hydroxyl groups is 1. The van der Waals surface area contributed by atoms with Crippen molar-refractivity contribution in [3.63, 3.8) is 0 Å². The van der Waals surface area contributed by atoms with Crippen LogP contribution in [0.5, 0.6) is 5.75 Å². The fourth-order valence-corrected chi connectivity index (χ4v) is 3.35. The first kappa shape index (κ1) is 18.2. The van der Waals surface area contributed by atoms with Gasteiger partial charge in [-0.25, -0.2) is 4.98 Å². The van der Waals surface area contributed by atoms with Gasteiger partial charge in [0, 0.05) is 29.9 Å². The Morgan fingerprint density at radius 3 is 2.85 bits per heavy atom. The average molecular weight is 378 g/mol. The van der Waals surface area contributed by atoms with E-state index in [0.717, 1.165) is 12.1 Å². The van der Waals surface area contributed by atoms with E-state index in [1.54, 1.807) is 0 Å². The summed E-state index contributed by atoms with van der Waals surface area (Å²) in [5.41, 5.74) is 12.4. The van der Waals surface area contributed by atoms with E-state index in [1.165, 1.54) is 12.1 Å². The summed E-state index contributed by atoms with van der Waals surface area (Å²) in [7, 11) is 0. The van der Waals surface area contributed by atoms with Crippen LogP contribution in [0.2, 0.25) is 5.02 Å². The molecule has 138 valence electrons. The van der Waals surface area contributed by atoms with Crippen LogP contribution in [0.25, 0.3) is 0 Å². The Kier molecular flexibility index (Phi) is 5.15. The molecular formula is C17H20ClN5O3. The number of rotatable bonds is 3. The predicted molar refractivity (Wildman–Crippen MR) is 98.3 cm³/mol. The van der Waals surface area contributed by atoms with Crippen molar-refractivity contribution in [2.75, 3.05) is 30.4 Å². The monoisotopic (exact) mass is 377 g/mol. The van der Waals surface area contributed by atoms with E-state index in [2.05, 4.69) is 9.97 Å². The Balaban J connectivity index is 2.07. The molecule has 8 nitrogen and oxygen atoms in total. The summed E-state index contributed by atoms with van der Waals surface area (Å²) in [6, 6.07) is 4.34. The molecule has 0 aliphatic carbocycles. The zero-order chi connectivity index (χ0) is 18.8. The molecule has 2 aromatic rings. The Labute approximate surface area is 155 Å². The van der Waals surface area contributed by atoms with Gasteiger partial charge in [-0.15, -0.1) is 0 Å². The number of carbonyl (C=O) groups is 1. The topological polar surface area (TPSA) is 128 Å². The molecule has 1 saturated heterocycles. The zero-order valence-electron chi connectivity index (χ0n) is 14.3. The number of benzene rings is 1. The van der Waals surface area contributed by atoms with Crippen LogP contribution < -0.4 is 16.4 Å². The highest BCUT2D eigenvalue weighted by molar-refractivity contribution is 6.32. The lowest BCUT2D eigenvalue weighted by Crippen LogP contribution is -2.32. The molecule has 0 unspecified atom stereocenters. The van der Waals surface area contributed by atoms with Gasteiger partial charge in [-0.1, -0.05) is 11.6 Å². The minimum atomic E-state index is -0.746. The molecule has 1 fully saturated rings. The van der Waals surface area contributed by atoms with Crippen molar-refractivity contribution in [1.82, 2.24) is 9.97 Å². The number of amides is 1. The van der Waals surface area contributed by atoms with Crippen LogP contribution in [0.3, 0.4) is 0 Å². The maximum Gasteiger partial charge on any atom is 0.252 e. The minimum Gasteiger partial charge on any atom is -0.507 e. The number of nitrogen functional groups attached to an aromatic ring is 1. The van der Waals surface area contributed by atoms with Gasteiger partial charge < -0.3 is 26.2 Å². The summed E-state index contributed by atoms with van der Waals surface area (Å²) in [5, 5.41) is 10.5. The molecule has 1 aromatic carbocycles. The van der Waals surface area contributed by atoms with E-state index in [1.807, 2.05) is 17.9 Å². The highest BCUT2D eigenvalue weighted by atomic mass is 35.5. The molecule has 1 amide bonds. The van der Waals surface area contributed by atoms with Crippen LogP contribution in [0.4, 0.5) is 11.8 Å². The Bertz CT molecular complexity index is 825. The number of carbonyl (C=O) groups excluding carboxylic acids is 1. The number of aromatic nitrogens is 2. The quantitative estimate of drug-likeness (QED) is 0.743. The number of nitrogens with two attached hydrogens (primary N) is 2. The second-order valence-electron chi connectivity index (χ2n) is 6.12. The lowest BCUT2D eigenvalue weighted by atomic mass is 10.0. The van der Waals surface area contributed by atoms with Crippen LogP contribution >= 0.6 is 11.6 Å². The molecule has 1 aromatic heterocycles. The number of hydrogen-bond acceptors (Lipinski definition) is 7. The normalized spacial score (nSPS) is 17.8. The summed E-state index contributed by atoms with van der Waals surface area (Å²) >= 11 is 6.39. The highest BCUT2D eigenvalue weighted by Crippen LogP contribution is 2.36. The van der Waals surface area contributed by atoms with Gasteiger partial charge in [0.15, 0.2) is 0 Å². The maximum absolute atomic E-state index is 11.4. The van der Waals surface area contributed by atoms with Gasteiger partial charge in [-0.05, 0) is 31.0 Å². The van der Waals surface area contributed by atoms with E-state index in [9.17, 15) is 9.90 Å². The number of phenols is 1. The zero-order valence-corrected chi connectivity index (χ0v) is 15.0. The SMILES string of the molecule is Cc1cc(N2CCCOC[C@@H]2c2cc(O)c(C(N)=O)cc2Cl)nc(N)n1. The lowest BCUT2D eigenvalue weighted by Gasteiger charge is -2.31. The van der Waals surface area contributed by atoms with Crippen LogP contribution in [0.1, 0.15) is 34.1 Å². The second-order valence-corrected chi connectivity index (χ2v) is 6.53.